The number of hydrogen-bond donors (Lipinski definition) is 0. The largest absolute Gasteiger partial charge is 0.493 e. The minimum absolute atomic E-state index is 0.510. The Morgan fingerprint density at radius 3 is 2.23 bits per heavy atom. The van der Waals surface area contributed by atoms with Crippen LogP contribution in [0.4, 0.5) is 0 Å². The molecule has 1 unspecified atom stereocenters. The maximum absolute atomic E-state index is 5.97. The Kier molecular flexibility index (Phi) is 4.92. The van der Waals surface area contributed by atoms with E-state index in [2.05, 4.69) is 72.5 Å². The average molecular weight is 293 g/mol. The van der Waals surface area contributed by atoms with Crippen molar-refractivity contribution in [2.75, 3.05) is 6.54 Å². The fraction of sp³-hybridized carbons (Fsp3) is 0.300. The molecular weight excluding hydrogens is 270 g/mol. The van der Waals surface area contributed by atoms with Gasteiger partial charge in [-0.15, -0.1) is 0 Å². The molecule has 2 nitrogen and oxygen atoms in total. The van der Waals surface area contributed by atoms with Gasteiger partial charge in [-0.3, -0.25) is 4.90 Å². The van der Waals surface area contributed by atoms with Crippen molar-refractivity contribution in [3.05, 3.63) is 83.6 Å². The predicted octanol–water partition coefficient (Wildman–Crippen LogP) is 4.38. The maximum Gasteiger partial charge on any atom is 0.113 e. The van der Waals surface area contributed by atoms with Crippen LogP contribution >= 0.6 is 0 Å². The van der Waals surface area contributed by atoms with E-state index in [1.807, 2.05) is 6.07 Å². The van der Waals surface area contributed by atoms with Crippen molar-refractivity contribution in [1.82, 2.24) is 4.90 Å². The third-order valence-corrected chi connectivity index (χ3v) is 4.17. The number of hydrogen-bond acceptors (Lipinski definition) is 2. The first-order valence-electron chi connectivity index (χ1n) is 7.95. The van der Waals surface area contributed by atoms with E-state index in [0.29, 0.717) is 12.6 Å². The summed E-state index contributed by atoms with van der Waals surface area (Å²) < 4.78 is 5.97. The van der Waals surface area contributed by atoms with Gasteiger partial charge in [-0.05, 0) is 24.1 Å². The fourth-order valence-electron chi connectivity index (χ4n) is 2.81. The van der Waals surface area contributed by atoms with Gasteiger partial charge in [0.05, 0.1) is 5.76 Å². The van der Waals surface area contributed by atoms with E-state index in [1.165, 1.54) is 11.1 Å². The van der Waals surface area contributed by atoms with Gasteiger partial charge in [0.15, 0.2) is 0 Å². The molecule has 1 aliphatic rings. The van der Waals surface area contributed by atoms with Crippen LogP contribution in [0, 0.1) is 0 Å². The van der Waals surface area contributed by atoms with E-state index in [4.69, 9.17) is 4.74 Å². The molecule has 2 aromatic carbocycles. The molecule has 1 aliphatic heterocycles. The molecule has 22 heavy (non-hydrogen) atoms. The molecule has 114 valence electrons. The summed E-state index contributed by atoms with van der Waals surface area (Å²) in [5, 5.41) is 0. The van der Waals surface area contributed by atoms with Crippen molar-refractivity contribution < 1.29 is 4.74 Å². The van der Waals surface area contributed by atoms with Gasteiger partial charge in [0, 0.05) is 25.6 Å². The van der Waals surface area contributed by atoms with Crippen LogP contribution in [0.15, 0.2) is 72.5 Å². The van der Waals surface area contributed by atoms with E-state index < -0.39 is 0 Å². The standard InChI is InChI=1S/C20H23NO/c1-17-14-20(22-16-19-10-6-3-7-11-19)12-13-21(17)15-18-8-4-2-5-9-18/h2-12,17H,13-16H2,1H3. The van der Waals surface area contributed by atoms with Crippen LogP contribution in [-0.2, 0) is 17.9 Å². The molecule has 1 heterocycles. The molecular formula is C20H23NO. The van der Waals surface area contributed by atoms with E-state index in [0.717, 1.165) is 25.3 Å². The molecule has 0 saturated heterocycles. The topological polar surface area (TPSA) is 12.5 Å². The zero-order valence-electron chi connectivity index (χ0n) is 13.1. The number of ether oxygens (including phenoxy) is 1. The molecule has 0 amide bonds. The summed E-state index contributed by atoms with van der Waals surface area (Å²) in [6.07, 6.45) is 3.21. The van der Waals surface area contributed by atoms with Crippen LogP contribution < -0.4 is 0 Å². The van der Waals surface area contributed by atoms with E-state index in [1.54, 1.807) is 0 Å². The van der Waals surface area contributed by atoms with Crippen molar-refractivity contribution in [3.8, 4) is 0 Å². The third kappa shape index (κ3) is 3.99. The number of rotatable bonds is 5. The van der Waals surface area contributed by atoms with Gasteiger partial charge in [0.2, 0.25) is 0 Å². The molecule has 0 aromatic heterocycles. The zero-order valence-corrected chi connectivity index (χ0v) is 13.1. The van der Waals surface area contributed by atoms with E-state index in [-0.39, 0.29) is 0 Å². The lowest BCUT2D eigenvalue weighted by Gasteiger charge is -2.32. The highest BCUT2D eigenvalue weighted by molar-refractivity contribution is 5.16. The summed E-state index contributed by atoms with van der Waals surface area (Å²) in [5.74, 6) is 1.13. The number of nitrogens with zero attached hydrogens (tertiary/aromatic N) is 1. The van der Waals surface area contributed by atoms with Gasteiger partial charge in [-0.1, -0.05) is 60.7 Å². The van der Waals surface area contributed by atoms with Crippen LogP contribution in [0.1, 0.15) is 24.5 Å². The van der Waals surface area contributed by atoms with Crippen LogP contribution in [0.25, 0.3) is 0 Å². The van der Waals surface area contributed by atoms with Gasteiger partial charge in [-0.25, -0.2) is 0 Å². The second kappa shape index (κ2) is 7.28. The van der Waals surface area contributed by atoms with Crippen molar-refractivity contribution >= 4 is 0 Å². The second-order valence-electron chi connectivity index (χ2n) is 5.91. The van der Waals surface area contributed by atoms with Gasteiger partial charge in [0.1, 0.15) is 6.61 Å². The van der Waals surface area contributed by atoms with Crippen molar-refractivity contribution in [2.45, 2.75) is 32.5 Å². The molecule has 0 spiro atoms. The molecule has 3 rings (SSSR count). The van der Waals surface area contributed by atoms with Gasteiger partial charge >= 0.3 is 0 Å². The average Bonchev–Trinajstić information content (AvgIpc) is 2.57. The predicted molar refractivity (Wildman–Crippen MR) is 90.2 cm³/mol. The molecule has 0 bridgehead atoms. The lowest BCUT2D eigenvalue weighted by Crippen LogP contribution is -2.36. The van der Waals surface area contributed by atoms with Crippen LogP contribution in [0.2, 0.25) is 0 Å². The highest BCUT2D eigenvalue weighted by atomic mass is 16.5. The zero-order chi connectivity index (χ0) is 15.2. The summed E-state index contributed by atoms with van der Waals surface area (Å²) in [5.41, 5.74) is 2.60. The Morgan fingerprint density at radius 2 is 1.59 bits per heavy atom. The lowest BCUT2D eigenvalue weighted by atomic mass is 10.1. The summed E-state index contributed by atoms with van der Waals surface area (Å²) in [7, 11) is 0. The Balaban J connectivity index is 1.54. The first kappa shape index (κ1) is 14.9. The molecule has 1 atom stereocenters. The summed E-state index contributed by atoms with van der Waals surface area (Å²) >= 11 is 0. The minimum atomic E-state index is 0.510. The molecule has 2 aromatic rings. The molecule has 0 saturated carbocycles. The Labute approximate surface area is 133 Å². The second-order valence-corrected chi connectivity index (χ2v) is 5.91. The minimum Gasteiger partial charge on any atom is -0.493 e. The quantitative estimate of drug-likeness (QED) is 0.811. The van der Waals surface area contributed by atoms with Gasteiger partial charge in [0.25, 0.3) is 0 Å². The Bertz CT molecular complexity index is 606. The van der Waals surface area contributed by atoms with Crippen molar-refractivity contribution in [3.63, 3.8) is 0 Å². The van der Waals surface area contributed by atoms with Crippen LogP contribution in [0.3, 0.4) is 0 Å². The maximum atomic E-state index is 5.97. The molecule has 2 heteroatoms. The third-order valence-electron chi connectivity index (χ3n) is 4.17. The molecule has 0 fully saturated rings. The normalized spacial score (nSPS) is 18.8. The lowest BCUT2D eigenvalue weighted by molar-refractivity contribution is 0.132. The molecule has 0 aliphatic carbocycles. The summed E-state index contributed by atoms with van der Waals surface area (Å²) in [4.78, 5) is 2.49. The van der Waals surface area contributed by atoms with Gasteiger partial charge < -0.3 is 4.74 Å². The summed E-state index contributed by atoms with van der Waals surface area (Å²) in [6, 6.07) is 21.5. The SMILES string of the molecule is CC1CC(OCc2ccccc2)=CCN1Cc1ccccc1. The smallest absolute Gasteiger partial charge is 0.113 e. The van der Waals surface area contributed by atoms with Crippen molar-refractivity contribution in [1.29, 1.82) is 0 Å². The van der Waals surface area contributed by atoms with Gasteiger partial charge in [-0.2, -0.15) is 0 Å². The van der Waals surface area contributed by atoms with Crippen LogP contribution in [0.5, 0.6) is 0 Å². The number of benzene rings is 2. The highest BCUT2D eigenvalue weighted by Crippen LogP contribution is 2.21. The Hall–Kier alpha value is -2.06. The first-order chi connectivity index (χ1) is 10.8. The van der Waals surface area contributed by atoms with E-state index >= 15 is 0 Å². The fourth-order valence-corrected chi connectivity index (χ4v) is 2.81. The monoisotopic (exact) mass is 293 g/mol. The first-order valence-corrected chi connectivity index (χ1v) is 7.95. The molecule has 0 N–H and O–H groups in total. The van der Waals surface area contributed by atoms with E-state index in [9.17, 15) is 0 Å². The highest BCUT2D eigenvalue weighted by Gasteiger charge is 2.20. The summed E-state index contributed by atoms with van der Waals surface area (Å²) in [6.45, 7) is 4.91. The Morgan fingerprint density at radius 1 is 0.955 bits per heavy atom. The van der Waals surface area contributed by atoms with Crippen LogP contribution in [-0.4, -0.2) is 17.5 Å². The van der Waals surface area contributed by atoms with Crippen molar-refractivity contribution in [2.24, 2.45) is 0 Å². The molecule has 0 radical (unpaired) electrons.